The van der Waals surface area contributed by atoms with Gasteiger partial charge in [0.2, 0.25) is 0 Å². The number of hydrogen-bond donors (Lipinski definition) is 0. The van der Waals surface area contributed by atoms with Crippen LogP contribution >= 0.6 is 0 Å². The summed E-state index contributed by atoms with van der Waals surface area (Å²) in [6, 6.07) is 0. The van der Waals surface area contributed by atoms with E-state index in [1.165, 1.54) is 0 Å². The Kier molecular flexibility index (Phi) is 4.33. The highest BCUT2D eigenvalue weighted by molar-refractivity contribution is 4.72. The Bertz CT molecular complexity index is 160. The number of rotatable bonds is 5. The van der Waals surface area contributed by atoms with Gasteiger partial charge in [-0.15, -0.1) is 0 Å². The first-order valence-corrected chi connectivity index (χ1v) is 4.03. The second kappa shape index (κ2) is 4.44. The van der Waals surface area contributed by atoms with Gasteiger partial charge in [-0.25, -0.2) is 27.3 Å². The third-order valence-corrected chi connectivity index (χ3v) is 1.52. The van der Waals surface area contributed by atoms with Gasteiger partial charge in [0.05, 0.1) is 0 Å². The Morgan fingerprint density at radius 1 is 0.714 bits per heavy atom. The minimum atomic E-state index is -2.81. The molecule has 0 aliphatic rings. The van der Waals surface area contributed by atoms with Gasteiger partial charge >= 0.3 is 0 Å². The monoisotopic (exact) mass is 218 g/mol. The first-order chi connectivity index (χ1) is 6.09. The van der Waals surface area contributed by atoms with Crippen LogP contribution in [0, 0.1) is 0 Å². The fraction of sp³-hybridized carbons (Fsp3) is 1.00. The second-order valence-electron chi connectivity index (χ2n) is 3.97. The van der Waals surface area contributed by atoms with Crippen molar-refractivity contribution in [3.63, 3.8) is 0 Å². The molecule has 0 atom stereocenters. The molecule has 86 valence electrons. The largest absolute Gasteiger partial charge is 0.269 e. The third kappa shape index (κ3) is 3.79. The zero-order valence-corrected chi connectivity index (χ0v) is 8.48. The van der Waals surface area contributed by atoms with E-state index in [2.05, 4.69) is 9.78 Å². The molecule has 14 heavy (non-hydrogen) atoms. The van der Waals surface area contributed by atoms with Crippen molar-refractivity contribution < 1.29 is 27.3 Å². The van der Waals surface area contributed by atoms with E-state index >= 15 is 0 Å². The maximum Gasteiger partial charge on any atom is 0.269 e. The average molecular weight is 218 g/mol. The van der Waals surface area contributed by atoms with E-state index in [0.29, 0.717) is 0 Å². The van der Waals surface area contributed by atoms with E-state index in [-0.39, 0.29) is 0 Å². The summed E-state index contributed by atoms with van der Waals surface area (Å²) in [7, 11) is 0. The van der Waals surface area contributed by atoms with Gasteiger partial charge in [0.25, 0.3) is 12.9 Å². The zero-order valence-electron chi connectivity index (χ0n) is 8.48. The topological polar surface area (TPSA) is 18.5 Å². The van der Waals surface area contributed by atoms with E-state index in [9.17, 15) is 17.6 Å². The summed E-state index contributed by atoms with van der Waals surface area (Å²) < 4.78 is 48.8. The van der Waals surface area contributed by atoms with E-state index in [4.69, 9.17) is 0 Å². The van der Waals surface area contributed by atoms with Gasteiger partial charge < -0.3 is 0 Å². The lowest BCUT2D eigenvalue weighted by molar-refractivity contribution is -0.429. The lowest BCUT2D eigenvalue weighted by Gasteiger charge is -2.29. The highest BCUT2D eigenvalue weighted by atomic mass is 19.3. The van der Waals surface area contributed by atoms with Crippen molar-refractivity contribution in [2.45, 2.75) is 51.7 Å². The van der Waals surface area contributed by atoms with Gasteiger partial charge in [-0.05, 0) is 27.7 Å². The van der Waals surface area contributed by atoms with E-state index in [0.717, 1.165) is 27.7 Å². The van der Waals surface area contributed by atoms with Gasteiger partial charge in [-0.2, -0.15) is 0 Å². The molecule has 0 heterocycles. The molecule has 0 rings (SSSR count). The molecule has 0 radical (unpaired) electrons. The molecule has 0 aliphatic carbocycles. The molecule has 0 aromatic heterocycles. The van der Waals surface area contributed by atoms with Crippen LogP contribution < -0.4 is 0 Å². The predicted octanol–water partition coefficient (Wildman–Crippen LogP) is 3.02. The molecular weight excluding hydrogens is 204 g/mol. The SMILES string of the molecule is CC(C)(OOC(C)(C)C(F)F)C(F)F. The molecule has 0 aromatic carbocycles. The molecule has 6 heteroatoms. The van der Waals surface area contributed by atoms with Crippen molar-refractivity contribution in [2.75, 3.05) is 0 Å². The maximum atomic E-state index is 12.2. The van der Waals surface area contributed by atoms with E-state index in [1.54, 1.807) is 0 Å². The molecule has 0 saturated heterocycles. The summed E-state index contributed by atoms with van der Waals surface area (Å²) in [5.74, 6) is 0. The van der Waals surface area contributed by atoms with Crippen molar-refractivity contribution in [3.8, 4) is 0 Å². The Morgan fingerprint density at radius 3 is 1.07 bits per heavy atom. The lowest BCUT2D eigenvalue weighted by Crippen LogP contribution is -2.40. The van der Waals surface area contributed by atoms with Crippen LogP contribution in [0.5, 0.6) is 0 Å². The highest BCUT2D eigenvalue weighted by Gasteiger charge is 2.38. The molecule has 0 amide bonds. The molecule has 2 nitrogen and oxygen atoms in total. The molecule has 0 saturated carbocycles. The molecule has 0 spiro atoms. The zero-order chi connectivity index (χ0) is 11.6. The van der Waals surface area contributed by atoms with Crippen LogP contribution in [0.4, 0.5) is 17.6 Å². The summed E-state index contributed by atoms with van der Waals surface area (Å²) in [5.41, 5.74) is -3.79. The highest BCUT2D eigenvalue weighted by Crippen LogP contribution is 2.25. The smallest absolute Gasteiger partial charge is 0.224 e. The summed E-state index contributed by atoms with van der Waals surface area (Å²) in [5, 5.41) is 0. The molecular formula is C8H14F4O2. The molecule has 0 N–H and O–H groups in total. The van der Waals surface area contributed by atoms with Crippen molar-refractivity contribution in [3.05, 3.63) is 0 Å². The molecule has 0 unspecified atom stereocenters. The van der Waals surface area contributed by atoms with E-state index < -0.39 is 24.1 Å². The number of alkyl halides is 4. The van der Waals surface area contributed by atoms with Crippen molar-refractivity contribution in [1.29, 1.82) is 0 Å². The minimum Gasteiger partial charge on any atom is -0.224 e. The minimum absolute atomic E-state index is 1.05. The quantitative estimate of drug-likeness (QED) is 0.401. The summed E-state index contributed by atoms with van der Waals surface area (Å²) in [6.07, 6.45) is -5.62. The van der Waals surface area contributed by atoms with Crippen LogP contribution in [-0.2, 0) is 9.78 Å². The fourth-order valence-electron chi connectivity index (χ4n) is 0.288. The predicted molar refractivity (Wildman–Crippen MR) is 42.3 cm³/mol. The van der Waals surface area contributed by atoms with Gasteiger partial charge in [0.1, 0.15) is 0 Å². The van der Waals surface area contributed by atoms with Crippen molar-refractivity contribution >= 4 is 0 Å². The van der Waals surface area contributed by atoms with Crippen LogP contribution in [0.15, 0.2) is 0 Å². The number of hydrogen-bond acceptors (Lipinski definition) is 2. The molecule has 0 aliphatic heterocycles. The molecule has 0 aromatic rings. The number of halogens is 4. The van der Waals surface area contributed by atoms with Gasteiger partial charge in [0.15, 0.2) is 11.2 Å². The molecule has 0 fully saturated rings. The van der Waals surface area contributed by atoms with Gasteiger partial charge in [-0.3, -0.25) is 0 Å². The van der Waals surface area contributed by atoms with Crippen LogP contribution in [0.2, 0.25) is 0 Å². The summed E-state index contributed by atoms with van der Waals surface area (Å²) in [6.45, 7) is 4.22. The first kappa shape index (κ1) is 13.6. The van der Waals surface area contributed by atoms with Gasteiger partial charge in [0, 0.05) is 0 Å². The second-order valence-corrected chi connectivity index (χ2v) is 3.97. The fourth-order valence-corrected chi connectivity index (χ4v) is 0.288. The summed E-state index contributed by atoms with van der Waals surface area (Å²) >= 11 is 0. The summed E-state index contributed by atoms with van der Waals surface area (Å²) in [4.78, 5) is 8.57. The first-order valence-electron chi connectivity index (χ1n) is 4.03. The van der Waals surface area contributed by atoms with Gasteiger partial charge in [-0.1, -0.05) is 0 Å². The van der Waals surface area contributed by atoms with Crippen LogP contribution in [0.25, 0.3) is 0 Å². The normalized spacial score (nSPS) is 14.1. The van der Waals surface area contributed by atoms with Crippen LogP contribution in [-0.4, -0.2) is 24.1 Å². The van der Waals surface area contributed by atoms with Crippen LogP contribution in [0.1, 0.15) is 27.7 Å². The average Bonchev–Trinajstić information content (AvgIpc) is 2.01. The van der Waals surface area contributed by atoms with Crippen molar-refractivity contribution in [1.82, 2.24) is 0 Å². The lowest BCUT2D eigenvalue weighted by atomic mass is 10.1. The Morgan fingerprint density at radius 2 is 0.929 bits per heavy atom. The Balaban J connectivity index is 4.18. The maximum absolute atomic E-state index is 12.2. The Hall–Kier alpha value is -0.360. The van der Waals surface area contributed by atoms with Crippen LogP contribution in [0.3, 0.4) is 0 Å². The third-order valence-electron chi connectivity index (χ3n) is 1.52. The van der Waals surface area contributed by atoms with Crippen molar-refractivity contribution in [2.24, 2.45) is 0 Å². The standard InChI is InChI=1S/C8H14F4O2/c1-7(2,5(9)10)13-14-8(3,4)6(11)12/h5-6H,1-4H3. The van der Waals surface area contributed by atoms with E-state index in [1.807, 2.05) is 0 Å². The Labute approximate surface area is 80.1 Å². The molecule has 0 bridgehead atoms.